The molecular weight excluding hydrogens is 406 g/mol. The van der Waals surface area contributed by atoms with E-state index in [1.54, 1.807) is 0 Å². The van der Waals surface area contributed by atoms with Crippen molar-refractivity contribution in [2.24, 2.45) is 0 Å². The predicted molar refractivity (Wildman–Crippen MR) is 110 cm³/mol. The number of benzene rings is 2. The van der Waals surface area contributed by atoms with Crippen LogP contribution in [0.15, 0.2) is 60.9 Å². The van der Waals surface area contributed by atoms with Crippen molar-refractivity contribution in [3.8, 4) is 11.1 Å². The zero-order chi connectivity index (χ0) is 21.1. The van der Waals surface area contributed by atoms with Gasteiger partial charge in [-0.2, -0.15) is 0 Å². The number of hydrogen-bond donors (Lipinski definition) is 2. The average Bonchev–Trinajstić information content (AvgIpc) is 3.07. The molecule has 3 aromatic rings. The number of carboxylic acids is 1. The van der Waals surface area contributed by atoms with Gasteiger partial charge in [-0.1, -0.05) is 60.1 Å². The Labute approximate surface area is 177 Å². The van der Waals surface area contributed by atoms with E-state index in [0.29, 0.717) is 5.69 Å². The lowest BCUT2D eigenvalue weighted by Gasteiger charge is -2.17. The van der Waals surface area contributed by atoms with Crippen molar-refractivity contribution in [1.82, 2.24) is 15.3 Å². The Morgan fingerprint density at radius 3 is 2.23 bits per heavy atom. The Kier molecular flexibility index (Phi) is 5.63. The van der Waals surface area contributed by atoms with Gasteiger partial charge in [0.2, 0.25) is 0 Å². The molecule has 1 amide bonds. The van der Waals surface area contributed by atoms with Crippen molar-refractivity contribution in [1.29, 1.82) is 0 Å². The Bertz CT molecular complexity index is 1040. The molecule has 1 aromatic heterocycles. The van der Waals surface area contributed by atoms with E-state index in [9.17, 15) is 14.7 Å². The molecule has 0 spiro atoms. The van der Waals surface area contributed by atoms with Gasteiger partial charge in [0.1, 0.15) is 17.8 Å². The standard InChI is InChI=1S/C22H18ClN3O4/c23-20-11-24-13(10-25-20)9-19(21(27)28)26-22(29)30-12-18-16-7-3-1-5-14(16)15-6-2-4-8-17(15)18/h1-8,10-11,18-19H,9,12H2,(H,26,29)(H,27,28). The third-order valence-electron chi connectivity index (χ3n) is 5.02. The van der Waals surface area contributed by atoms with Crippen LogP contribution in [0.25, 0.3) is 11.1 Å². The van der Waals surface area contributed by atoms with Gasteiger partial charge >= 0.3 is 12.1 Å². The molecule has 152 valence electrons. The van der Waals surface area contributed by atoms with E-state index >= 15 is 0 Å². The second-order valence-corrected chi connectivity index (χ2v) is 7.28. The molecule has 2 N–H and O–H groups in total. The number of nitrogens with zero attached hydrogens (tertiary/aromatic N) is 2. The summed E-state index contributed by atoms with van der Waals surface area (Å²) in [6.45, 7) is 0.104. The highest BCUT2D eigenvalue weighted by atomic mass is 35.5. The summed E-state index contributed by atoms with van der Waals surface area (Å²) in [5.74, 6) is -1.30. The van der Waals surface area contributed by atoms with Crippen LogP contribution >= 0.6 is 11.6 Å². The van der Waals surface area contributed by atoms with E-state index in [4.69, 9.17) is 16.3 Å². The number of fused-ring (bicyclic) bond motifs is 3. The highest BCUT2D eigenvalue weighted by molar-refractivity contribution is 6.29. The SMILES string of the molecule is O=C(NC(Cc1cnc(Cl)cn1)C(=O)O)OCC1c2ccccc2-c2ccccc21. The maximum absolute atomic E-state index is 12.3. The highest BCUT2D eigenvalue weighted by Gasteiger charge is 2.29. The second kappa shape index (κ2) is 8.51. The lowest BCUT2D eigenvalue weighted by Crippen LogP contribution is -2.43. The van der Waals surface area contributed by atoms with E-state index in [-0.39, 0.29) is 24.1 Å². The fourth-order valence-electron chi connectivity index (χ4n) is 3.64. The molecule has 2 aromatic carbocycles. The minimum atomic E-state index is -1.20. The Hall–Kier alpha value is -3.45. The summed E-state index contributed by atoms with van der Waals surface area (Å²) in [5, 5.41) is 12.0. The zero-order valence-electron chi connectivity index (χ0n) is 15.8. The largest absolute Gasteiger partial charge is 0.480 e. The summed E-state index contributed by atoms with van der Waals surface area (Å²) in [4.78, 5) is 31.8. The highest BCUT2D eigenvalue weighted by Crippen LogP contribution is 2.44. The number of nitrogens with one attached hydrogen (secondary N) is 1. The summed E-state index contributed by atoms with van der Waals surface area (Å²) in [6.07, 6.45) is 1.86. The number of halogens is 1. The van der Waals surface area contributed by atoms with Crippen LogP contribution in [0.2, 0.25) is 5.15 Å². The molecule has 0 radical (unpaired) electrons. The lowest BCUT2D eigenvalue weighted by molar-refractivity contribution is -0.139. The van der Waals surface area contributed by atoms with Crippen molar-refractivity contribution in [3.63, 3.8) is 0 Å². The van der Waals surface area contributed by atoms with Crippen molar-refractivity contribution in [2.45, 2.75) is 18.4 Å². The number of ether oxygens (including phenoxy) is 1. The molecule has 4 rings (SSSR count). The van der Waals surface area contributed by atoms with Crippen molar-refractivity contribution < 1.29 is 19.4 Å². The van der Waals surface area contributed by atoms with Crippen molar-refractivity contribution >= 4 is 23.7 Å². The van der Waals surface area contributed by atoms with Crippen LogP contribution in [0.5, 0.6) is 0 Å². The molecular formula is C22H18ClN3O4. The first kappa shape index (κ1) is 19.8. The molecule has 0 fully saturated rings. The van der Waals surface area contributed by atoms with Crippen LogP contribution in [0.1, 0.15) is 22.7 Å². The summed E-state index contributed by atoms with van der Waals surface area (Å²) < 4.78 is 5.41. The molecule has 30 heavy (non-hydrogen) atoms. The molecule has 1 aliphatic carbocycles. The van der Waals surface area contributed by atoms with Gasteiger partial charge in [-0.05, 0) is 22.3 Å². The van der Waals surface area contributed by atoms with Crippen molar-refractivity contribution in [3.05, 3.63) is 82.9 Å². The van der Waals surface area contributed by atoms with Gasteiger partial charge in [0.05, 0.1) is 18.1 Å². The van der Waals surface area contributed by atoms with E-state index in [1.165, 1.54) is 12.4 Å². The first-order valence-corrected chi connectivity index (χ1v) is 9.71. The van der Waals surface area contributed by atoms with Crippen molar-refractivity contribution in [2.75, 3.05) is 6.61 Å². The number of aromatic nitrogens is 2. The molecule has 7 nitrogen and oxygen atoms in total. The van der Waals surface area contributed by atoms with Crippen LogP contribution in [0, 0.1) is 0 Å². The van der Waals surface area contributed by atoms with E-state index in [1.807, 2.05) is 48.5 Å². The zero-order valence-corrected chi connectivity index (χ0v) is 16.5. The maximum atomic E-state index is 12.3. The number of aliphatic carboxylic acids is 1. The third-order valence-corrected chi connectivity index (χ3v) is 5.22. The number of amides is 1. The molecule has 0 saturated carbocycles. The molecule has 0 saturated heterocycles. The fraction of sp³-hybridized carbons (Fsp3) is 0.182. The number of alkyl carbamates (subject to hydrolysis) is 1. The van der Waals surface area contributed by atoms with Crippen LogP contribution in [0.3, 0.4) is 0 Å². The van der Waals surface area contributed by atoms with Gasteiger partial charge in [-0.3, -0.25) is 4.98 Å². The van der Waals surface area contributed by atoms with Gasteiger partial charge in [0, 0.05) is 12.3 Å². The number of hydrogen-bond acceptors (Lipinski definition) is 5. The second-order valence-electron chi connectivity index (χ2n) is 6.90. The maximum Gasteiger partial charge on any atom is 0.407 e. The molecule has 1 aliphatic rings. The lowest BCUT2D eigenvalue weighted by atomic mass is 9.98. The van der Waals surface area contributed by atoms with Crippen LogP contribution in [-0.2, 0) is 16.0 Å². The van der Waals surface area contributed by atoms with Gasteiger partial charge in [0.25, 0.3) is 0 Å². The normalized spacial score (nSPS) is 13.2. The smallest absolute Gasteiger partial charge is 0.407 e. The van der Waals surface area contributed by atoms with Crippen LogP contribution < -0.4 is 5.32 Å². The Balaban J connectivity index is 1.43. The Morgan fingerprint density at radius 1 is 1.03 bits per heavy atom. The van der Waals surface area contributed by atoms with Gasteiger partial charge in [0.15, 0.2) is 0 Å². The van der Waals surface area contributed by atoms with Gasteiger partial charge < -0.3 is 15.2 Å². The summed E-state index contributed by atoms with van der Waals surface area (Å²) >= 11 is 5.69. The first-order valence-electron chi connectivity index (χ1n) is 9.33. The number of carboxylic acid groups (broad SMARTS) is 1. The molecule has 1 atom stereocenters. The van der Waals surface area contributed by atoms with E-state index in [2.05, 4.69) is 15.3 Å². The van der Waals surface area contributed by atoms with Gasteiger partial charge in [-0.25, -0.2) is 14.6 Å². The fourth-order valence-corrected chi connectivity index (χ4v) is 3.73. The number of carbonyl (C=O) groups is 2. The summed E-state index contributed by atoms with van der Waals surface area (Å²) in [6, 6.07) is 14.8. The third kappa shape index (κ3) is 4.11. The van der Waals surface area contributed by atoms with E-state index < -0.39 is 18.1 Å². The number of rotatable bonds is 6. The molecule has 0 aliphatic heterocycles. The van der Waals surface area contributed by atoms with E-state index in [0.717, 1.165) is 22.3 Å². The molecule has 1 heterocycles. The minimum Gasteiger partial charge on any atom is -0.480 e. The monoisotopic (exact) mass is 423 g/mol. The summed E-state index contributed by atoms with van der Waals surface area (Å²) in [7, 11) is 0. The quantitative estimate of drug-likeness (QED) is 0.627. The molecule has 0 bridgehead atoms. The predicted octanol–water partition coefficient (Wildman–Crippen LogP) is 3.66. The summed E-state index contributed by atoms with van der Waals surface area (Å²) in [5.41, 5.74) is 4.79. The first-order chi connectivity index (χ1) is 14.5. The number of carbonyl (C=O) groups excluding carboxylic acids is 1. The average molecular weight is 424 g/mol. The van der Waals surface area contributed by atoms with Gasteiger partial charge in [-0.15, -0.1) is 0 Å². The molecule has 8 heteroatoms. The minimum absolute atomic E-state index is 0.0380. The Morgan fingerprint density at radius 2 is 1.67 bits per heavy atom. The van der Waals surface area contributed by atoms with Crippen LogP contribution in [-0.4, -0.2) is 39.8 Å². The topological polar surface area (TPSA) is 101 Å². The molecule has 1 unspecified atom stereocenters. The van der Waals surface area contributed by atoms with Crippen LogP contribution in [0.4, 0.5) is 4.79 Å².